The van der Waals surface area contributed by atoms with Crippen molar-refractivity contribution in [2.75, 3.05) is 26.3 Å². The predicted octanol–water partition coefficient (Wildman–Crippen LogP) is 2.29. The Hall–Kier alpha value is -1.61. The Bertz CT molecular complexity index is 570. The molecule has 1 atom stereocenters. The fourth-order valence-corrected chi connectivity index (χ4v) is 3.04. The number of nitrogens with one attached hydrogen (secondary N) is 1. The molecule has 0 bridgehead atoms. The molecule has 24 heavy (non-hydrogen) atoms. The molecule has 9 heteroatoms. The van der Waals surface area contributed by atoms with E-state index in [2.05, 4.69) is 9.97 Å². The Morgan fingerprint density at radius 1 is 1.33 bits per heavy atom. The van der Waals surface area contributed by atoms with E-state index in [1.807, 2.05) is 0 Å². The van der Waals surface area contributed by atoms with Crippen molar-refractivity contribution in [2.45, 2.75) is 44.1 Å². The molecule has 2 fully saturated rings. The first-order chi connectivity index (χ1) is 11.4. The molecule has 1 unspecified atom stereocenters. The Morgan fingerprint density at radius 2 is 2.08 bits per heavy atom. The molecule has 0 saturated carbocycles. The number of piperidine rings is 1. The lowest BCUT2D eigenvalue weighted by Crippen LogP contribution is -2.41. The Balaban J connectivity index is 1.59. The van der Waals surface area contributed by atoms with Crippen molar-refractivity contribution in [3.8, 4) is 0 Å². The van der Waals surface area contributed by atoms with E-state index >= 15 is 0 Å². The first-order valence-electron chi connectivity index (χ1n) is 8.06. The zero-order chi connectivity index (χ0) is 17.2. The van der Waals surface area contributed by atoms with Crippen LogP contribution in [0.1, 0.15) is 43.1 Å². The molecule has 2 aliphatic heterocycles. The van der Waals surface area contributed by atoms with E-state index < -0.39 is 18.2 Å². The molecule has 2 saturated heterocycles. The molecule has 2 aliphatic rings. The second-order valence-corrected chi connectivity index (χ2v) is 6.09. The smallest absolute Gasteiger partial charge is 0.352 e. The molecule has 0 spiro atoms. The number of carbonyl (C=O) groups excluding carboxylic acids is 1. The lowest BCUT2D eigenvalue weighted by molar-refractivity contribution is -0.187. The van der Waals surface area contributed by atoms with E-state index in [0.29, 0.717) is 32.7 Å². The topological polar surface area (TPSA) is 67.5 Å². The first kappa shape index (κ1) is 17.2. The Kier molecular flexibility index (Phi) is 5.09. The van der Waals surface area contributed by atoms with Crippen LogP contribution in [0.2, 0.25) is 0 Å². The second-order valence-electron chi connectivity index (χ2n) is 6.09. The Morgan fingerprint density at radius 3 is 2.75 bits per heavy atom. The van der Waals surface area contributed by atoms with Crippen molar-refractivity contribution in [3.05, 3.63) is 17.7 Å². The first-order valence-corrected chi connectivity index (χ1v) is 8.06. The third kappa shape index (κ3) is 4.07. The molecule has 1 aromatic heterocycles. The maximum atomic E-state index is 12.7. The Labute approximate surface area is 137 Å². The standard InChI is InChI=1S/C15H20F3N3O3/c16-15(17,18)11-8-19-14(20-11)10-3-1-4-21(9-10)12(22)7-13-23-5-2-6-24-13/h8,10,13H,1-7,9H2,(H,19,20). The van der Waals surface area contributed by atoms with Gasteiger partial charge < -0.3 is 19.4 Å². The summed E-state index contributed by atoms with van der Waals surface area (Å²) in [5.41, 5.74) is -0.857. The van der Waals surface area contributed by atoms with Crippen LogP contribution in [0.25, 0.3) is 0 Å². The van der Waals surface area contributed by atoms with Gasteiger partial charge in [-0.3, -0.25) is 4.79 Å². The number of alkyl halides is 3. The van der Waals surface area contributed by atoms with Gasteiger partial charge >= 0.3 is 6.18 Å². The number of nitrogens with zero attached hydrogens (tertiary/aromatic N) is 2. The van der Waals surface area contributed by atoms with Crippen molar-refractivity contribution in [1.82, 2.24) is 14.9 Å². The van der Waals surface area contributed by atoms with Crippen LogP contribution in [0.4, 0.5) is 13.2 Å². The molecular weight excluding hydrogens is 327 g/mol. The number of ether oxygens (including phenoxy) is 2. The largest absolute Gasteiger partial charge is 0.432 e. The van der Waals surface area contributed by atoms with Gasteiger partial charge in [0.15, 0.2) is 6.29 Å². The lowest BCUT2D eigenvalue weighted by atomic mass is 9.97. The molecule has 0 radical (unpaired) electrons. The van der Waals surface area contributed by atoms with Crippen LogP contribution in [0.15, 0.2) is 6.20 Å². The highest BCUT2D eigenvalue weighted by atomic mass is 19.4. The number of aromatic amines is 1. The van der Waals surface area contributed by atoms with Gasteiger partial charge in [0, 0.05) is 19.0 Å². The van der Waals surface area contributed by atoms with E-state index in [4.69, 9.17) is 9.47 Å². The van der Waals surface area contributed by atoms with E-state index in [1.165, 1.54) is 0 Å². The van der Waals surface area contributed by atoms with Gasteiger partial charge in [-0.05, 0) is 19.3 Å². The summed E-state index contributed by atoms with van der Waals surface area (Å²) in [6.07, 6.45) is -1.78. The average molecular weight is 347 g/mol. The molecule has 6 nitrogen and oxygen atoms in total. The number of H-pyrrole nitrogens is 1. The van der Waals surface area contributed by atoms with Crippen molar-refractivity contribution in [3.63, 3.8) is 0 Å². The number of hydrogen-bond donors (Lipinski definition) is 1. The highest BCUT2D eigenvalue weighted by molar-refractivity contribution is 5.76. The van der Waals surface area contributed by atoms with Gasteiger partial charge in [0.05, 0.1) is 25.8 Å². The van der Waals surface area contributed by atoms with Crippen LogP contribution in [0.3, 0.4) is 0 Å². The number of carbonyl (C=O) groups is 1. The summed E-state index contributed by atoms with van der Waals surface area (Å²) >= 11 is 0. The molecular formula is C15H20F3N3O3. The van der Waals surface area contributed by atoms with Crippen LogP contribution < -0.4 is 0 Å². The van der Waals surface area contributed by atoms with Crippen molar-refractivity contribution >= 4 is 5.91 Å². The molecule has 1 N–H and O–H groups in total. The van der Waals surface area contributed by atoms with Gasteiger partial charge in [0.2, 0.25) is 5.91 Å². The number of likely N-dealkylation sites (tertiary alicyclic amines) is 1. The van der Waals surface area contributed by atoms with Crippen molar-refractivity contribution in [2.24, 2.45) is 0 Å². The number of amides is 1. The zero-order valence-electron chi connectivity index (χ0n) is 13.1. The number of imidazole rings is 1. The minimum Gasteiger partial charge on any atom is -0.352 e. The minimum atomic E-state index is -4.44. The van der Waals surface area contributed by atoms with Crippen LogP contribution in [-0.2, 0) is 20.4 Å². The third-order valence-electron chi connectivity index (χ3n) is 4.30. The van der Waals surface area contributed by atoms with Gasteiger partial charge in [0.1, 0.15) is 11.5 Å². The summed E-state index contributed by atoms with van der Waals surface area (Å²) in [5.74, 6) is -0.0359. The fraction of sp³-hybridized carbons (Fsp3) is 0.733. The summed E-state index contributed by atoms with van der Waals surface area (Å²) in [5, 5.41) is 0. The fourth-order valence-electron chi connectivity index (χ4n) is 3.04. The highest BCUT2D eigenvalue weighted by Gasteiger charge is 2.35. The zero-order valence-corrected chi connectivity index (χ0v) is 13.1. The number of halogens is 3. The van der Waals surface area contributed by atoms with E-state index in [0.717, 1.165) is 19.0 Å². The molecule has 134 valence electrons. The molecule has 0 aliphatic carbocycles. The highest BCUT2D eigenvalue weighted by Crippen LogP contribution is 2.31. The summed E-state index contributed by atoms with van der Waals surface area (Å²) in [4.78, 5) is 20.2. The van der Waals surface area contributed by atoms with Crippen LogP contribution in [0.5, 0.6) is 0 Å². The molecule has 1 aromatic rings. The normalized spacial score (nSPS) is 23.5. The molecule has 0 aromatic carbocycles. The second kappa shape index (κ2) is 7.10. The summed E-state index contributed by atoms with van der Waals surface area (Å²) in [7, 11) is 0. The molecule has 3 rings (SSSR count). The lowest BCUT2D eigenvalue weighted by Gasteiger charge is -2.33. The van der Waals surface area contributed by atoms with Crippen LogP contribution in [0, 0.1) is 0 Å². The number of rotatable bonds is 3. The average Bonchev–Trinajstić information content (AvgIpc) is 3.06. The number of hydrogen-bond acceptors (Lipinski definition) is 4. The summed E-state index contributed by atoms with van der Waals surface area (Å²) in [6.45, 7) is 2.10. The SMILES string of the molecule is O=C(CC1OCCCO1)N1CCCC(c2ncc(C(F)(F)F)[nH]2)C1. The maximum absolute atomic E-state index is 12.7. The van der Waals surface area contributed by atoms with Crippen molar-refractivity contribution < 1.29 is 27.4 Å². The summed E-state index contributed by atoms with van der Waals surface area (Å²) in [6, 6.07) is 0. The van der Waals surface area contributed by atoms with E-state index in [1.54, 1.807) is 4.90 Å². The third-order valence-corrected chi connectivity index (χ3v) is 4.30. The summed E-state index contributed by atoms with van der Waals surface area (Å²) < 4.78 is 48.8. The maximum Gasteiger partial charge on any atom is 0.432 e. The molecule has 3 heterocycles. The minimum absolute atomic E-state index is 0.103. The van der Waals surface area contributed by atoms with Crippen LogP contribution >= 0.6 is 0 Å². The van der Waals surface area contributed by atoms with E-state index in [-0.39, 0.29) is 24.1 Å². The van der Waals surface area contributed by atoms with Gasteiger partial charge in [-0.1, -0.05) is 0 Å². The monoisotopic (exact) mass is 347 g/mol. The molecule has 1 amide bonds. The van der Waals surface area contributed by atoms with Crippen molar-refractivity contribution in [1.29, 1.82) is 0 Å². The van der Waals surface area contributed by atoms with E-state index in [9.17, 15) is 18.0 Å². The van der Waals surface area contributed by atoms with Crippen LogP contribution in [-0.4, -0.2) is 53.4 Å². The number of aromatic nitrogens is 2. The quantitative estimate of drug-likeness (QED) is 0.911. The van der Waals surface area contributed by atoms with Gasteiger partial charge in [-0.15, -0.1) is 0 Å². The van der Waals surface area contributed by atoms with Gasteiger partial charge in [0.25, 0.3) is 0 Å². The predicted molar refractivity (Wildman–Crippen MR) is 77.1 cm³/mol. The van der Waals surface area contributed by atoms with Gasteiger partial charge in [-0.25, -0.2) is 4.98 Å². The van der Waals surface area contributed by atoms with Gasteiger partial charge in [-0.2, -0.15) is 13.2 Å².